The summed E-state index contributed by atoms with van der Waals surface area (Å²) in [6.45, 7) is 1.88. The molecule has 5 heteroatoms. The first-order valence-corrected chi connectivity index (χ1v) is 6.83. The van der Waals surface area contributed by atoms with Gasteiger partial charge in [0, 0.05) is 5.41 Å². The third kappa shape index (κ3) is 2.09. The van der Waals surface area contributed by atoms with Gasteiger partial charge in [0.25, 0.3) is 0 Å². The molecule has 0 unspecified atom stereocenters. The highest BCUT2D eigenvalue weighted by Crippen LogP contribution is 2.31. The monoisotopic (exact) mass is 264 g/mol. The van der Waals surface area contributed by atoms with Crippen molar-refractivity contribution >= 4 is 21.4 Å². The van der Waals surface area contributed by atoms with Gasteiger partial charge in [0.1, 0.15) is 0 Å². The Morgan fingerprint density at radius 1 is 1.22 bits per heavy atom. The fourth-order valence-corrected chi connectivity index (χ4v) is 3.06. The van der Waals surface area contributed by atoms with Gasteiger partial charge in [-0.25, -0.2) is 13.2 Å². The third-order valence-corrected chi connectivity index (χ3v) is 4.18. The average molecular weight is 264 g/mol. The highest BCUT2D eigenvalue weighted by molar-refractivity contribution is 7.99. The van der Waals surface area contributed by atoms with Crippen LogP contribution in [-0.4, -0.2) is 21.5 Å². The number of sulfone groups is 1. The Kier molecular flexibility index (Phi) is 3.09. The third-order valence-electron chi connectivity index (χ3n) is 2.72. The zero-order valence-corrected chi connectivity index (χ0v) is 10.8. The molecule has 1 aromatic carbocycles. The Morgan fingerprint density at radius 3 is 2.50 bits per heavy atom. The van der Waals surface area contributed by atoms with E-state index in [4.69, 9.17) is 0 Å². The smallest absolute Gasteiger partial charge is 0.349 e. The highest BCUT2D eigenvalue weighted by atomic mass is 32.2. The van der Waals surface area contributed by atoms with Crippen LogP contribution in [0.25, 0.3) is 5.57 Å². The van der Waals surface area contributed by atoms with E-state index in [0.29, 0.717) is 5.57 Å². The Labute approximate surface area is 106 Å². The van der Waals surface area contributed by atoms with Crippen LogP contribution in [0.2, 0.25) is 0 Å². The molecule has 0 amide bonds. The second-order valence-electron chi connectivity index (χ2n) is 3.93. The molecule has 0 atom stereocenters. The van der Waals surface area contributed by atoms with Crippen molar-refractivity contribution in [1.29, 1.82) is 0 Å². The van der Waals surface area contributed by atoms with Gasteiger partial charge in [0.05, 0.1) is 7.11 Å². The number of benzene rings is 1. The maximum absolute atomic E-state index is 11.8. The largest absolute Gasteiger partial charge is 0.465 e. The summed E-state index contributed by atoms with van der Waals surface area (Å²) in [5, 5.41) is 1.10. The van der Waals surface area contributed by atoms with Crippen LogP contribution in [0, 0.1) is 6.92 Å². The predicted octanol–water partition coefficient (Wildman–Crippen LogP) is 1.82. The van der Waals surface area contributed by atoms with Crippen LogP contribution >= 0.6 is 0 Å². The molecule has 1 aliphatic rings. The number of ether oxygens (including phenoxy) is 1. The number of aryl methyl sites for hydroxylation is 1. The maximum atomic E-state index is 11.8. The summed E-state index contributed by atoms with van der Waals surface area (Å²) in [7, 11) is -2.53. The van der Waals surface area contributed by atoms with Crippen molar-refractivity contribution in [2.75, 3.05) is 7.11 Å². The van der Waals surface area contributed by atoms with E-state index >= 15 is 0 Å². The molecule has 0 fully saturated rings. The Bertz CT molecular complexity index is 666. The highest BCUT2D eigenvalue weighted by Gasteiger charge is 2.30. The molecule has 0 radical (unpaired) electrons. The van der Waals surface area contributed by atoms with Crippen LogP contribution in [0.1, 0.15) is 11.1 Å². The first kappa shape index (κ1) is 12.6. The van der Waals surface area contributed by atoms with Crippen molar-refractivity contribution in [3.8, 4) is 0 Å². The van der Waals surface area contributed by atoms with Crippen LogP contribution in [0.3, 0.4) is 0 Å². The average Bonchev–Trinajstić information content (AvgIpc) is 2.64. The lowest BCUT2D eigenvalue weighted by Crippen LogP contribution is -2.10. The quantitative estimate of drug-likeness (QED) is 0.764. The topological polar surface area (TPSA) is 60.4 Å². The summed E-state index contributed by atoms with van der Waals surface area (Å²) in [6, 6.07) is 7.38. The van der Waals surface area contributed by atoms with Gasteiger partial charge in [-0.05, 0) is 29.7 Å². The molecule has 0 saturated heterocycles. The summed E-state index contributed by atoms with van der Waals surface area (Å²) >= 11 is 0. The van der Waals surface area contributed by atoms with Crippen LogP contribution in [-0.2, 0) is 19.4 Å². The Balaban J connectivity index is 2.54. The van der Waals surface area contributed by atoms with E-state index in [1.807, 2.05) is 31.2 Å². The molecule has 18 heavy (non-hydrogen) atoms. The van der Waals surface area contributed by atoms with Crippen molar-refractivity contribution in [2.45, 2.75) is 6.92 Å². The van der Waals surface area contributed by atoms with Crippen molar-refractivity contribution in [1.82, 2.24) is 0 Å². The molecule has 1 aromatic rings. The lowest BCUT2D eigenvalue weighted by Gasteiger charge is -2.02. The number of allylic oxidation sites excluding steroid dienone is 2. The van der Waals surface area contributed by atoms with Gasteiger partial charge >= 0.3 is 5.97 Å². The fraction of sp³-hybridized carbons (Fsp3) is 0.154. The molecular formula is C13H12O4S. The van der Waals surface area contributed by atoms with Crippen molar-refractivity contribution < 1.29 is 17.9 Å². The zero-order valence-electron chi connectivity index (χ0n) is 10.0. The minimum Gasteiger partial charge on any atom is -0.465 e. The standard InChI is InChI=1S/C13H12O4S/c1-9-5-3-4-6-11(9)10-7-12(13(14)17-2)18(15,16)8-10/h3-8H,1-2H3. The normalized spacial score (nSPS) is 17.0. The number of hydrogen-bond donors (Lipinski definition) is 0. The molecule has 0 aromatic heterocycles. The minimum atomic E-state index is -3.69. The van der Waals surface area contributed by atoms with E-state index in [-0.39, 0.29) is 4.91 Å². The molecular weight excluding hydrogens is 252 g/mol. The molecule has 1 heterocycles. The van der Waals surface area contributed by atoms with Crippen molar-refractivity contribution in [2.24, 2.45) is 0 Å². The van der Waals surface area contributed by atoms with E-state index in [1.165, 1.54) is 6.08 Å². The molecule has 4 nitrogen and oxygen atoms in total. The van der Waals surface area contributed by atoms with Crippen LogP contribution in [0.4, 0.5) is 0 Å². The summed E-state index contributed by atoms with van der Waals surface area (Å²) in [5.41, 5.74) is 2.25. The van der Waals surface area contributed by atoms with Gasteiger partial charge in [-0.1, -0.05) is 24.3 Å². The number of rotatable bonds is 2. The van der Waals surface area contributed by atoms with Crippen molar-refractivity contribution in [3.63, 3.8) is 0 Å². The molecule has 0 saturated carbocycles. The second kappa shape index (κ2) is 4.42. The van der Waals surface area contributed by atoms with Crippen molar-refractivity contribution in [3.05, 3.63) is 51.8 Å². The van der Waals surface area contributed by atoms with Gasteiger partial charge < -0.3 is 4.74 Å². The summed E-state index contributed by atoms with van der Waals surface area (Å²) in [6.07, 6.45) is 1.35. The van der Waals surface area contributed by atoms with E-state index in [9.17, 15) is 13.2 Å². The van der Waals surface area contributed by atoms with Gasteiger partial charge in [0.15, 0.2) is 4.91 Å². The van der Waals surface area contributed by atoms with Gasteiger partial charge in [-0.2, -0.15) is 0 Å². The van der Waals surface area contributed by atoms with Gasteiger partial charge in [0.2, 0.25) is 9.84 Å². The molecule has 0 N–H and O–H groups in total. The predicted molar refractivity (Wildman–Crippen MR) is 68.2 cm³/mol. The Morgan fingerprint density at radius 2 is 1.89 bits per heavy atom. The molecule has 0 bridgehead atoms. The first-order valence-electron chi connectivity index (χ1n) is 5.28. The molecule has 94 valence electrons. The lowest BCUT2D eigenvalue weighted by atomic mass is 10.0. The molecule has 0 aliphatic carbocycles. The van der Waals surface area contributed by atoms with E-state index < -0.39 is 15.8 Å². The minimum absolute atomic E-state index is 0.316. The number of carbonyl (C=O) groups is 1. The van der Waals surface area contributed by atoms with E-state index in [1.54, 1.807) is 0 Å². The molecule has 0 spiro atoms. The summed E-state index contributed by atoms with van der Waals surface area (Å²) in [4.78, 5) is 11.1. The number of carbonyl (C=O) groups excluding carboxylic acids is 1. The summed E-state index contributed by atoms with van der Waals surface area (Å²) < 4.78 is 28.1. The SMILES string of the molecule is COC(=O)C1=CC(c2ccccc2C)=CS1(=O)=O. The Hall–Kier alpha value is -1.88. The van der Waals surface area contributed by atoms with E-state index in [2.05, 4.69) is 4.74 Å². The van der Waals surface area contributed by atoms with Gasteiger partial charge in [-0.15, -0.1) is 0 Å². The summed E-state index contributed by atoms with van der Waals surface area (Å²) in [5.74, 6) is -0.838. The maximum Gasteiger partial charge on any atom is 0.349 e. The van der Waals surface area contributed by atoms with Crippen LogP contribution in [0.5, 0.6) is 0 Å². The van der Waals surface area contributed by atoms with Crippen LogP contribution in [0.15, 0.2) is 40.7 Å². The second-order valence-corrected chi connectivity index (χ2v) is 5.70. The lowest BCUT2D eigenvalue weighted by molar-refractivity contribution is -0.135. The number of methoxy groups -OCH3 is 1. The molecule has 2 rings (SSSR count). The van der Waals surface area contributed by atoms with Crippen LogP contribution < -0.4 is 0 Å². The first-order chi connectivity index (χ1) is 8.45. The van der Waals surface area contributed by atoms with E-state index in [0.717, 1.165) is 23.6 Å². The fourth-order valence-electron chi connectivity index (χ4n) is 1.80. The number of hydrogen-bond acceptors (Lipinski definition) is 4. The molecule has 1 aliphatic heterocycles. The van der Waals surface area contributed by atoms with Gasteiger partial charge in [-0.3, -0.25) is 0 Å². The zero-order chi connectivity index (χ0) is 13.3. The number of esters is 1.